The first-order valence-electron chi connectivity index (χ1n) is 10.1. The second kappa shape index (κ2) is 11.4. The maximum atomic E-state index is 12.1. The lowest BCUT2D eigenvalue weighted by atomic mass is 10.1. The van der Waals surface area contributed by atoms with Crippen LogP contribution >= 0.6 is 11.8 Å². The molecule has 2 aromatic carbocycles. The topological polar surface area (TPSA) is 83.8 Å². The smallest absolute Gasteiger partial charge is 0.230 e. The number of thioether (sulfide) groups is 1. The van der Waals surface area contributed by atoms with Gasteiger partial charge in [0.1, 0.15) is 0 Å². The third kappa shape index (κ3) is 6.48. The van der Waals surface area contributed by atoms with Gasteiger partial charge in [0.05, 0.1) is 17.1 Å². The first-order valence-corrected chi connectivity index (χ1v) is 11.1. The van der Waals surface area contributed by atoms with E-state index in [0.29, 0.717) is 12.3 Å². The number of hydrogen-bond donors (Lipinski definition) is 3. The maximum absolute atomic E-state index is 12.1. The van der Waals surface area contributed by atoms with E-state index in [1.54, 1.807) is 0 Å². The van der Waals surface area contributed by atoms with Crippen molar-refractivity contribution in [3.8, 4) is 22.5 Å². The molecule has 29 heavy (non-hydrogen) atoms. The SMILES string of the molecule is NCCCCCCNC(=O)CSc1nc(-c2ccccc2)c(-c2ccccc2)[nH]1. The minimum absolute atomic E-state index is 0.0350. The van der Waals surface area contributed by atoms with Crippen LogP contribution in [0.25, 0.3) is 22.5 Å². The van der Waals surface area contributed by atoms with Crippen LogP contribution in [-0.4, -0.2) is 34.7 Å². The number of imidazole rings is 1. The first kappa shape index (κ1) is 21.1. The van der Waals surface area contributed by atoms with E-state index in [2.05, 4.69) is 34.6 Å². The number of unbranched alkanes of at least 4 members (excludes halogenated alkanes) is 3. The van der Waals surface area contributed by atoms with Gasteiger partial charge in [-0.2, -0.15) is 0 Å². The molecular formula is C23H28N4OS. The molecule has 3 aromatic rings. The Morgan fingerprint density at radius 3 is 2.28 bits per heavy atom. The quantitative estimate of drug-likeness (QED) is 0.323. The highest BCUT2D eigenvalue weighted by molar-refractivity contribution is 7.99. The van der Waals surface area contributed by atoms with Crippen molar-refractivity contribution >= 4 is 17.7 Å². The summed E-state index contributed by atoms with van der Waals surface area (Å²) >= 11 is 1.43. The Morgan fingerprint density at radius 2 is 1.59 bits per heavy atom. The molecule has 6 heteroatoms. The standard InChI is InChI=1S/C23H28N4OS/c24-15-9-1-2-10-16-25-20(28)17-29-23-26-21(18-11-5-3-6-12-18)22(27-23)19-13-7-4-8-14-19/h3-8,11-14H,1-2,9-10,15-17,24H2,(H,25,28)(H,26,27). The summed E-state index contributed by atoms with van der Waals surface area (Å²) in [5.41, 5.74) is 9.49. The van der Waals surface area contributed by atoms with Crippen LogP contribution < -0.4 is 11.1 Å². The van der Waals surface area contributed by atoms with Crippen molar-refractivity contribution in [2.45, 2.75) is 30.8 Å². The molecule has 0 aliphatic carbocycles. The van der Waals surface area contributed by atoms with E-state index in [0.717, 1.165) is 59.9 Å². The van der Waals surface area contributed by atoms with Crippen molar-refractivity contribution in [1.29, 1.82) is 0 Å². The van der Waals surface area contributed by atoms with Crippen LogP contribution in [0.4, 0.5) is 0 Å². The summed E-state index contributed by atoms with van der Waals surface area (Å²) in [4.78, 5) is 20.3. The molecule has 0 spiro atoms. The average molecular weight is 409 g/mol. The van der Waals surface area contributed by atoms with Gasteiger partial charge in [0.25, 0.3) is 0 Å². The van der Waals surface area contributed by atoms with Crippen molar-refractivity contribution in [2.24, 2.45) is 5.73 Å². The molecule has 0 saturated carbocycles. The molecule has 0 aliphatic rings. The number of nitrogens with two attached hydrogens (primary N) is 1. The van der Waals surface area contributed by atoms with Crippen molar-refractivity contribution in [3.05, 3.63) is 60.7 Å². The van der Waals surface area contributed by atoms with E-state index in [1.807, 2.05) is 36.4 Å². The van der Waals surface area contributed by atoms with Crippen LogP contribution in [0.15, 0.2) is 65.8 Å². The Bertz CT molecular complexity index is 823. The number of carbonyl (C=O) groups is 1. The Labute approximate surface area is 176 Å². The number of aromatic amines is 1. The fraction of sp³-hybridized carbons (Fsp3) is 0.304. The minimum atomic E-state index is 0.0350. The molecule has 0 atom stereocenters. The van der Waals surface area contributed by atoms with Crippen LogP contribution in [0, 0.1) is 0 Å². The summed E-state index contributed by atoms with van der Waals surface area (Å²) in [6, 6.07) is 20.3. The van der Waals surface area contributed by atoms with Gasteiger partial charge in [0.15, 0.2) is 5.16 Å². The molecule has 0 radical (unpaired) electrons. The van der Waals surface area contributed by atoms with E-state index in [9.17, 15) is 4.79 Å². The second-order valence-electron chi connectivity index (χ2n) is 6.84. The maximum Gasteiger partial charge on any atom is 0.230 e. The highest BCUT2D eigenvalue weighted by Gasteiger charge is 2.15. The van der Waals surface area contributed by atoms with Gasteiger partial charge in [-0.15, -0.1) is 0 Å². The third-order valence-electron chi connectivity index (χ3n) is 4.58. The van der Waals surface area contributed by atoms with Gasteiger partial charge in [-0.05, 0) is 19.4 Å². The molecule has 152 valence electrons. The van der Waals surface area contributed by atoms with Gasteiger partial charge in [-0.3, -0.25) is 4.79 Å². The molecule has 0 fully saturated rings. The molecule has 1 amide bonds. The zero-order valence-corrected chi connectivity index (χ0v) is 17.4. The number of carbonyl (C=O) groups excluding carboxylic acids is 1. The Kier molecular flexibility index (Phi) is 8.34. The molecule has 0 unspecified atom stereocenters. The molecular weight excluding hydrogens is 380 g/mol. The Balaban J connectivity index is 1.62. The highest BCUT2D eigenvalue weighted by Crippen LogP contribution is 2.32. The molecule has 0 bridgehead atoms. The summed E-state index contributed by atoms with van der Waals surface area (Å²) in [5.74, 6) is 0.381. The van der Waals surface area contributed by atoms with E-state index < -0.39 is 0 Å². The van der Waals surface area contributed by atoms with E-state index in [1.165, 1.54) is 11.8 Å². The molecule has 1 heterocycles. The summed E-state index contributed by atoms with van der Waals surface area (Å²) in [5, 5.41) is 3.73. The lowest BCUT2D eigenvalue weighted by Gasteiger charge is -2.04. The van der Waals surface area contributed by atoms with Gasteiger partial charge in [-0.1, -0.05) is 85.3 Å². The summed E-state index contributed by atoms with van der Waals surface area (Å²) in [6.45, 7) is 1.45. The number of H-pyrrole nitrogens is 1. The number of aromatic nitrogens is 2. The second-order valence-corrected chi connectivity index (χ2v) is 7.80. The monoisotopic (exact) mass is 408 g/mol. The minimum Gasteiger partial charge on any atom is -0.355 e. The summed E-state index contributed by atoms with van der Waals surface area (Å²) < 4.78 is 0. The predicted octanol–water partition coefficient (Wildman–Crippen LogP) is 4.47. The number of nitrogens with one attached hydrogen (secondary N) is 2. The van der Waals surface area contributed by atoms with Crippen LogP contribution in [0.2, 0.25) is 0 Å². The van der Waals surface area contributed by atoms with Gasteiger partial charge < -0.3 is 16.0 Å². The predicted molar refractivity (Wildman–Crippen MR) is 121 cm³/mol. The zero-order chi connectivity index (χ0) is 20.3. The molecule has 4 N–H and O–H groups in total. The normalized spacial score (nSPS) is 10.8. The molecule has 5 nitrogen and oxygen atoms in total. The van der Waals surface area contributed by atoms with Crippen molar-refractivity contribution in [3.63, 3.8) is 0 Å². The van der Waals surface area contributed by atoms with Crippen LogP contribution in [-0.2, 0) is 4.79 Å². The van der Waals surface area contributed by atoms with Gasteiger partial charge in [0, 0.05) is 17.7 Å². The van der Waals surface area contributed by atoms with E-state index in [-0.39, 0.29) is 5.91 Å². The van der Waals surface area contributed by atoms with Gasteiger partial charge in [0.2, 0.25) is 5.91 Å². The molecule has 0 saturated heterocycles. The third-order valence-corrected chi connectivity index (χ3v) is 5.46. The summed E-state index contributed by atoms with van der Waals surface area (Å²) in [6.07, 6.45) is 4.27. The number of rotatable bonds is 11. The van der Waals surface area contributed by atoms with Crippen molar-refractivity contribution in [2.75, 3.05) is 18.8 Å². The zero-order valence-electron chi connectivity index (χ0n) is 16.6. The fourth-order valence-corrected chi connectivity index (χ4v) is 3.77. The van der Waals surface area contributed by atoms with Crippen LogP contribution in [0.1, 0.15) is 25.7 Å². The Morgan fingerprint density at radius 1 is 0.931 bits per heavy atom. The van der Waals surface area contributed by atoms with Crippen molar-refractivity contribution in [1.82, 2.24) is 15.3 Å². The number of benzene rings is 2. The van der Waals surface area contributed by atoms with Crippen LogP contribution in [0.3, 0.4) is 0 Å². The number of amides is 1. The van der Waals surface area contributed by atoms with Gasteiger partial charge >= 0.3 is 0 Å². The molecule has 0 aliphatic heterocycles. The van der Waals surface area contributed by atoms with Gasteiger partial charge in [-0.25, -0.2) is 4.98 Å². The number of hydrogen-bond acceptors (Lipinski definition) is 4. The fourth-order valence-electron chi connectivity index (χ4n) is 3.07. The van der Waals surface area contributed by atoms with E-state index in [4.69, 9.17) is 10.7 Å². The average Bonchev–Trinajstić information content (AvgIpc) is 3.20. The summed E-state index contributed by atoms with van der Waals surface area (Å²) in [7, 11) is 0. The Hall–Kier alpha value is -2.57. The van der Waals surface area contributed by atoms with E-state index >= 15 is 0 Å². The highest BCUT2D eigenvalue weighted by atomic mass is 32.2. The first-order chi connectivity index (χ1) is 14.3. The lowest BCUT2D eigenvalue weighted by molar-refractivity contribution is -0.118. The van der Waals surface area contributed by atoms with Crippen molar-refractivity contribution < 1.29 is 4.79 Å². The number of nitrogens with zero attached hydrogens (tertiary/aromatic N) is 1. The lowest BCUT2D eigenvalue weighted by Crippen LogP contribution is -2.26. The largest absolute Gasteiger partial charge is 0.355 e. The molecule has 1 aromatic heterocycles. The van der Waals surface area contributed by atoms with Crippen LogP contribution in [0.5, 0.6) is 0 Å². The molecule has 3 rings (SSSR count).